The van der Waals surface area contributed by atoms with Gasteiger partial charge in [-0.2, -0.15) is 0 Å². The summed E-state index contributed by atoms with van der Waals surface area (Å²) in [5.41, 5.74) is 4.60. The van der Waals surface area contributed by atoms with E-state index >= 15 is 0 Å². The first kappa shape index (κ1) is 16.8. The van der Waals surface area contributed by atoms with Gasteiger partial charge in [0.25, 0.3) is 0 Å². The smallest absolute Gasteiger partial charge is 0.0602 e. The van der Waals surface area contributed by atoms with Crippen molar-refractivity contribution < 1.29 is 0 Å². The van der Waals surface area contributed by atoms with Crippen molar-refractivity contribution in [1.82, 2.24) is 10.2 Å². The zero-order valence-corrected chi connectivity index (χ0v) is 15.2. The number of hydrogen-bond donors (Lipinski definition) is 1. The van der Waals surface area contributed by atoms with Gasteiger partial charge in [-0.25, -0.2) is 0 Å². The molecule has 0 aromatic heterocycles. The molecule has 4 rings (SSSR count). The van der Waals surface area contributed by atoms with Gasteiger partial charge in [-0.3, -0.25) is 4.90 Å². The van der Waals surface area contributed by atoms with Crippen LogP contribution in [0, 0.1) is 0 Å². The maximum Gasteiger partial charge on any atom is 0.0602 e. The zero-order valence-electron chi connectivity index (χ0n) is 15.2. The van der Waals surface area contributed by atoms with Gasteiger partial charge in [0.2, 0.25) is 0 Å². The van der Waals surface area contributed by atoms with Crippen molar-refractivity contribution in [3.8, 4) is 0 Å². The Labute approximate surface area is 152 Å². The molecule has 2 heteroatoms. The molecule has 0 amide bonds. The molecule has 2 aliphatic rings. The molecule has 2 unspecified atom stereocenters. The molecule has 1 aliphatic heterocycles. The fraction of sp³-hybridized carbons (Fsp3) is 0.478. The fourth-order valence-electron chi connectivity index (χ4n) is 4.65. The van der Waals surface area contributed by atoms with Gasteiger partial charge < -0.3 is 5.32 Å². The van der Waals surface area contributed by atoms with Crippen LogP contribution in [0.4, 0.5) is 0 Å². The second-order valence-corrected chi connectivity index (χ2v) is 7.55. The van der Waals surface area contributed by atoms with Gasteiger partial charge in [-0.15, -0.1) is 0 Å². The van der Waals surface area contributed by atoms with Crippen molar-refractivity contribution in [3.05, 3.63) is 71.3 Å². The number of hydrogen-bond acceptors (Lipinski definition) is 2. The van der Waals surface area contributed by atoms with Gasteiger partial charge in [-0.1, -0.05) is 54.6 Å². The number of piperidine rings is 1. The van der Waals surface area contributed by atoms with Crippen LogP contribution < -0.4 is 5.32 Å². The normalized spacial score (nSPS) is 24.0. The van der Waals surface area contributed by atoms with E-state index in [1.54, 1.807) is 11.1 Å². The van der Waals surface area contributed by atoms with Crippen LogP contribution in [-0.2, 0) is 12.8 Å². The summed E-state index contributed by atoms with van der Waals surface area (Å²) in [5, 5.41) is 3.87. The third-order valence-electron chi connectivity index (χ3n) is 5.92. The Hall–Kier alpha value is -1.64. The highest BCUT2D eigenvalue weighted by Gasteiger charge is 2.31. The van der Waals surface area contributed by atoms with E-state index in [0.29, 0.717) is 12.2 Å². The van der Waals surface area contributed by atoms with E-state index in [9.17, 15) is 0 Å². The van der Waals surface area contributed by atoms with Crippen molar-refractivity contribution >= 4 is 0 Å². The summed E-state index contributed by atoms with van der Waals surface area (Å²) in [6.07, 6.45) is 9.53. The lowest BCUT2D eigenvalue weighted by atomic mass is 9.85. The second kappa shape index (κ2) is 8.16. The first-order chi connectivity index (χ1) is 12.4. The molecule has 0 spiro atoms. The molecular formula is C23H30N2. The number of fused-ring (bicyclic) bond motifs is 1. The monoisotopic (exact) mass is 334 g/mol. The lowest BCUT2D eigenvalue weighted by Gasteiger charge is -2.44. The Kier molecular flexibility index (Phi) is 5.49. The highest BCUT2D eigenvalue weighted by atomic mass is 15.3. The predicted molar refractivity (Wildman–Crippen MR) is 105 cm³/mol. The summed E-state index contributed by atoms with van der Waals surface area (Å²) in [4.78, 5) is 2.77. The number of likely N-dealkylation sites (tertiary alicyclic amines) is 1. The lowest BCUT2D eigenvalue weighted by Crippen LogP contribution is -2.51. The molecule has 1 aliphatic carbocycles. The number of benzene rings is 2. The molecule has 1 heterocycles. The Morgan fingerprint density at radius 1 is 0.880 bits per heavy atom. The SMILES string of the molecule is c1ccc(CCNC2CCCCN2C2CCCc3ccccc32)cc1. The lowest BCUT2D eigenvalue weighted by molar-refractivity contribution is 0.0638. The van der Waals surface area contributed by atoms with Gasteiger partial charge in [0.1, 0.15) is 0 Å². The van der Waals surface area contributed by atoms with Gasteiger partial charge in [0.05, 0.1) is 6.17 Å². The topological polar surface area (TPSA) is 15.3 Å². The van der Waals surface area contributed by atoms with Gasteiger partial charge in [-0.05, 0) is 61.6 Å². The standard InChI is InChI=1S/C23H30N2/c1-2-9-19(10-3-1)16-17-24-23-15-6-7-18-25(23)22-14-8-12-20-11-4-5-13-21(20)22/h1-5,9-11,13,22-24H,6-8,12,14-18H2. The minimum atomic E-state index is 0.536. The third-order valence-corrected chi connectivity index (χ3v) is 5.92. The van der Waals surface area contributed by atoms with Crippen LogP contribution in [0.25, 0.3) is 0 Å². The largest absolute Gasteiger partial charge is 0.301 e. The van der Waals surface area contributed by atoms with Crippen LogP contribution in [0.15, 0.2) is 54.6 Å². The Bertz CT molecular complexity index is 667. The molecule has 2 aromatic rings. The summed E-state index contributed by atoms with van der Waals surface area (Å²) >= 11 is 0. The van der Waals surface area contributed by atoms with Crippen LogP contribution >= 0.6 is 0 Å². The molecule has 2 nitrogen and oxygen atoms in total. The summed E-state index contributed by atoms with van der Waals surface area (Å²) < 4.78 is 0. The highest BCUT2D eigenvalue weighted by Crippen LogP contribution is 2.37. The third kappa shape index (κ3) is 3.96. The molecule has 2 aromatic carbocycles. The van der Waals surface area contributed by atoms with E-state index < -0.39 is 0 Å². The van der Waals surface area contributed by atoms with Crippen molar-refractivity contribution in [2.45, 2.75) is 57.2 Å². The van der Waals surface area contributed by atoms with Gasteiger partial charge in [0, 0.05) is 19.1 Å². The second-order valence-electron chi connectivity index (χ2n) is 7.55. The first-order valence-corrected chi connectivity index (χ1v) is 10.0. The average molecular weight is 335 g/mol. The number of rotatable bonds is 5. The Morgan fingerprint density at radius 2 is 1.72 bits per heavy atom. The molecule has 2 atom stereocenters. The zero-order chi connectivity index (χ0) is 16.9. The quantitative estimate of drug-likeness (QED) is 0.852. The number of nitrogens with one attached hydrogen (secondary N) is 1. The maximum atomic E-state index is 3.87. The Morgan fingerprint density at radius 3 is 2.64 bits per heavy atom. The summed E-state index contributed by atoms with van der Waals surface area (Å²) in [6, 6.07) is 20.6. The molecule has 132 valence electrons. The van der Waals surface area contributed by atoms with E-state index in [0.717, 1.165) is 13.0 Å². The fourth-order valence-corrected chi connectivity index (χ4v) is 4.65. The minimum Gasteiger partial charge on any atom is -0.301 e. The van der Waals surface area contributed by atoms with Crippen molar-refractivity contribution in [1.29, 1.82) is 0 Å². The maximum absolute atomic E-state index is 3.87. The molecule has 0 bridgehead atoms. The summed E-state index contributed by atoms with van der Waals surface area (Å²) in [7, 11) is 0. The van der Waals surface area contributed by atoms with Crippen LogP contribution in [0.3, 0.4) is 0 Å². The van der Waals surface area contributed by atoms with E-state index in [1.807, 2.05) is 0 Å². The number of nitrogens with zero attached hydrogens (tertiary/aromatic N) is 1. The Balaban J connectivity index is 1.43. The summed E-state index contributed by atoms with van der Waals surface area (Å²) in [5.74, 6) is 0. The molecule has 1 N–H and O–H groups in total. The van der Waals surface area contributed by atoms with Crippen molar-refractivity contribution in [3.63, 3.8) is 0 Å². The van der Waals surface area contributed by atoms with Crippen molar-refractivity contribution in [2.24, 2.45) is 0 Å². The predicted octanol–water partition coefficient (Wildman–Crippen LogP) is 4.71. The van der Waals surface area contributed by atoms with E-state index in [1.165, 1.54) is 50.6 Å². The van der Waals surface area contributed by atoms with E-state index in [2.05, 4.69) is 64.8 Å². The molecule has 1 saturated heterocycles. The molecule has 1 fully saturated rings. The van der Waals surface area contributed by atoms with Gasteiger partial charge >= 0.3 is 0 Å². The van der Waals surface area contributed by atoms with E-state index in [4.69, 9.17) is 0 Å². The first-order valence-electron chi connectivity index (χ1n) is 10.0. The highest BCUT2D eigenvalue weighted by molar-refractivity contribution is 5.32. The van der Waals surface area contributed by atoms with E-state index in [-0.39, 0.29) is 0 Å². The molecular weight excluding hydrogens is 304 g/mol. The van der Waals surface area contributed by atoms with Crippen LogP contribution in [0.2, 0.25) is 0 Å². The molecule has 0 saturated carbocycles. The molecule has 25 heavy (non-hydrogen) atoms. The summed E-state index contributed by atoms with van der Waals surface area (Å²) in [6.45, 7) is 2.31. The average Bonchev–Trinajstić information content (AvgIpc) is 2.69. The van der Waals surface area contributed by atoms with Crippen molar-refractivity contribution in [2.75, 3.05) is 13.1 Å². The number of aryl methyl sites for hydroxylation is 1. The van der Waals surface area contributed by atoms with Crippen LogP contribution in [0.1, 0.15) is 54.8 Å². The van der Waals surface area contributed by atoms with Crippen LogP contribution in [0.5, 0.6) is 0 Å². The van der Waals surface area contributed by atoms with Crippen LogP contribution in [-0.4, -0.2) is 24.2 Å². The molecule has 0 radical (unpaired) electrons. The van der Waals surface area contributed by atoms with Gasteiger partial charge in [0.15, 0.2) is 0 Å². The minimum absolute atomic E-state index is 0.536.